The van der Waals surface area contributed by atoms with Gasteiger partial charge in [-0.25, -0.2) is 0 Å². The summed E-state index contributed by atoms with van der Waals surface area (Å²) in [4.78, 5) is 107. The maximum Gasteiger partial charge on any atom is 0.252 e. The highest BCUT2D eigenvalue weighted by molar-refractivity contribution is 6.07. The summed E-state index contributed by atoms with van der Waals surface area (Å²) in [5.41, 5.74) is 8.31. The first-order chi connectivity index (χ1) is 29.5. The Morgan fingerprint density at radius 1 is 0.803 bits per heavy atom. The van der Waals surface area contributed by atoms with Gasteiger partial charge in [0.1, 0.15) is 36.3 Å². The number of rotatable bonds is 13. The molecule has 3 aromatic rings. The monoisotopic (exact) mass is 838 g/mol. The van der Waals surface area contributed by atoms with Gasteiger partial charge in [-0.05, 0) is 68.2 Å². The van der Waals surface area contributed by atoms with Crippen molar-refractivity contribution in [1.29, 1.82) is 0 Å². The number of aromatic amines is 1. The predicted molar refractivity (Wildman–Crippen MR) is 230 cm³/mol. The summed E-state index contributed by atoms with van der Waals surface area (Å²) >= 11 is 0. The molecule has 15 nitrogen and oxygen atoms in total. The zero-order valence-electron chi connectivity index (χ0n) is 35.5. The van der Waals surface area contributed by atoms with E-state index in [0.29, 0.717) is 31.2 Å². The van der Waals surface area contributed by atoms with Gasteiger partial charge in [-0.1, -0.05) is 94.0 Å². The molecular formula is C46H62N8O7. The molecule has 1 saturated carbocycles. The standard InChI is InChI=1S/C46H62N8O7/c1-3-14-35-44(59)54(45(60)38(49-29(2)55)26-31-17-8-5-9-18-31)40(21-12-23-47)46(61)53-24-13-22-39(53)43(58)52-36(25-30-15-6-4-7-16-30)41(56)51-37(42(57)50-35)27-32-28-48-34-20-11-10-19-33(32)34/h5,8-11,17-20,28,30,35-40,48H,3-4,6-7,12-16,21-27,47H2,1-2H3,(H,49,55)(H,50,57)(H,51,56)(H,52,58)/t35-,36-,37-,38-,39-,40-/m0/s1. The van der Waals surface area contributed by atoms with Crippen LogP contribution in [0.1, 0.15) is 102 Å². The third-order valence-corrected chi connectivity index (χ3v) is 12.4. The number of hydrogen-bond donors (Lipinski definition) is 6. The molecule has 2 saturated heterocycles. The molecule has 2 aliphatic heterocycles. The highest BCUT2D eigenvalue weighted by Gasteiger charge is 2.46. The number of H-pyrrole nitrogens is 1. The van der Waals surface area contributed by atoms with Crippen molar-refractivity contribution >= 4 is 52.3 Å². The molecule has 1 aliphatic carbocycles. The fraction of sp³-hybridized carbons (Fsp3) is 0.543. The van der Waals surface area contributed by atoms with Crippen molar-refractivity contribution in [2.45, 2.75) is 140 Å². The Morgan fingerprint density at radius 2 is 1.49 bits per heavy atom. The summed E-state index contributed by atoms with van der Waals surface area (Å²) in [6.45, 7) is 3.44. The van der Waals surface area contributed by atoms with E-state index < -0.39 is 77.6 Å². The molecule has 3 heterocycles. The predicted octanol–water partition coefficient (Wildman–Crippen LogP) is 3.15. The van der Waals surface area contributed by atoms with Crippen LogP contribution in [-0.2, 0) is 46.4 Å². The Labute approximate surface area is 357 Å². The highest BCUT2D eigenvalue weighted by Crippen LogP contribution is 2.29. The van der Waals surface area contributed by atoms with Gasteiger partial charge >= 0.3 is 0 Å². The Balaban J connectivity index is 1.46. The Kier molecular flexibility index (Phi) is 15.7. The summed E-state index contributed by atoms with van der Waals surface area (Å²) < 4.78 is 0. The van der Waals surface area contributed by atoms with Crippen molar-refractivity contribution in [1.82, 2.24) is 36.1 Å². The zero-order chi connectivity index (χ0) is 43.5. The Bertz CT molecular complexity index is 2030. The van der Waals surface area contributed by atoms with Gasteiger partial charge in [0.25, 0.3) is 11.8 Å². The van der Waals surface area contributed by atoms with Crippen molar-refractivity contribution in [2.24, 2.45) is 11.7 Å². The summed E-state index contributed by atoms with van der Waals surface area (Å²) in [6.07, 6.45) is 8.71. The fourth-order valence-electron chi connectivity index (χ4n) is 9.29. The number of imide groups is 1. The molecule has 7 amide bonds. The molecular weight excluding hydrogens is 777 g/mol. The van der Waals surface area contributed by atoms with Crippen LogP contribution in [-0.4, -0.2) is 105 Å². The van der Waals surface area contributed by atoms with Crippen molar-refractivity contribution in [3.8, 4) is 0 Å². The number of nitrogens with one attached hydrogen (secondary N) is 5. The number of fused-ring (bicyclic) bond motifs is 2. The molecule has 2 aromatic carbocycles. The number of carbonyl (C=O) groups excluding carboxylic acids is 7. The molecule has 6 atom stereocenters. The van der Waals surface area contributed by atoms with Crippen LogP contribution in [0.25, 0.3) is 10.9 Å². The number of nitrogens with zero attached hydrogens (tertiary/aromatic N) is 2. The second kappa shape index (κ2) is 21.3. The van der Waals surface area contributed by atoms with Crippen LogP contribution in [0.3, 0.4) is 0 Å². The first-order valence-corrected chi connectivity index (χ1v) is 22.1. The topological polar surface area (TPSA) is 216 Å². The number of aromatic nitrogens is 1. The minimum atomic E-state index is -1.41. The second-order valence-electron chi connectivity index (χ2n) is 16.9. The van der Waals surface area contributed by atoms with Gasteiger partial charge in [0, 0.05) is 43.4 Å². The van der Waals surface area contributed by atoms with Gasteiger partial charge in [0.05, 0.1) is 0 Å². The highest BCUT2D eigenvalue weighted by atomic mass is 16.2. The summed E-state index contributed by atoms with van der Waals surface area (Å²) in [7, 11) is 0. The minimum absolute atomic E-state index is 0.0154. The largest absolute Gasteiger partial charge is 0.361 e. The summed E-state index contributed by atoms with van der Waals surface area (Å²) in [6, 6.07) is 9.46. The lowest BCUT2D eigenvalue weighted by Crippen LogP contribution is -2.63. The van der Waals surface area contributed by atoms with Crippen LogP contribution in [0.4, 0.5) is 0 Å². The second-order valence-corrected chi connectivity index (χ2v) is 16.9. The normalized spacial score (nSPS) is 24.0. The maximum atomic E-state index is 15.2. The van der Waals surface area contributed by atoms with Crippen LogP contribution >= 0.6 is 0 Å². The van der Waals surface area contributed by atoms with Crippen LogP contribution in [0.2, 0.25) is 0 Å². The van der Waals surface area contributed by atoms with Gasteiger partial charge in [-0.15, -0.1) is 0 Å². The van der Waals surface area contributed by atoms with Crippen LogP contribution in [0, 0.1) is 5.92 Å². The van der Waals surface area contributed by atoms with Gasteiger partial charge < -0.3 is 36.9 Å². The average Bonchev–Trinajstić information content (AvgIpc) is 3.92. The van der Waals surface area contributed by atoms with Crippen LogP contribution < -0.4 is 27.0 Å². The number of amides is 7. The SMILES string of the molecule is CCC[C@@H]1NC(=O)[C@H](Cc2c[nH]c3ccccc23)NC(=O)[C@H](CC2CCCCC2)NC(=O)[C@@H]2CCCN2C(=O)[C@H](CCCN)N(C(=O)[C@H](Cc2ccccc2)NC(C)=O)C1=O. The van der Waals surface area contributed by atoms with Crippen molar-refractivity contribution in [3.63, 3.8) is 0 Å². The molecule has 328 valence electrons. The van der Waals surface area contributed by atoms with Gasteiger partial charge in [0.15, 0.2) is 0 Å². The van der Waals surface area contributed by atoms with Gasteiger partial charge in [-0.2, -0.15) is 0 Å². The minimum Gasteiger partial charge on any atom is -0.361 e. The first kappa shape index (κ1) is 45.0. The van der Waals surface area contributed by atoms with E-state index in [9.17, 15) is 19.2 Å². The fourth-order valence-corrected chi connectivity index (χ4v) is 9.29. The van der Waals surface area contributed by atoms with Gasteiger partial charge in [0.2, 0.25) is 29.5 Å². The summed E-state index contributed by atoms with van der Waals surface area (Å²) in [5, 5.41) is 12.4. The van der Waals surface area contributed by atoms with E-state index in [0.717, 1.165) is 53.5 Å². The van der Waals surface area contributed by atoms with Crippen molar-refractivity contribution < 1.29 is 33.6 Å². The van der Waals surface area contributed by atoms with Crippen molar-refractivity contribution in [3.05, 3.63) is 71.9 Å². The average molecular weight is 839 g/mol. The molecule has 0 spiro atoms. The van der Waals surface area contributed by atoms with Crippen LogP contribution in [0.5, 0.6) is 0 Å². The lowest BCUT2D eigenvalue weighted by molar-refractivity contribution is -0.159. The molecule has 6 rings (SSSR count). The molecule has 0 unspecified atom stereocenters. The van der Waals surface area contributed by atoms with E-state index in [1.807, 2.05) is 37.3 Å². The summed E-state index contributed by atoms with van der Waals surface area (Å²) in [5.74, 6) is -4.32. The number of para-hydroxylation sites is 1. The third-order valence-electron chi connectivity index (χ3n) is 12.4. The third kappa shape index (κ3) is 11.2. The number of nitrogens with two attached hydrogens (primary N) is 1. The van der Waals surface area contributed by atoms with E-state index in [1.165, 1.54) is 11.8 Å². The molecule has 0 bridgehead atoms. The number of carbonyl (C=O) groups is 7. The van der Waals surface area contributed by atoms with E-state index in [2.05, 4.69) is 26.3 Å². The Morgan fingerprint density at radius 3 is 2.21 bits per heavy atom. The molecule has 3 fully saturated rings. The molecule has 0 radical (unpaired) electrons. The lowest BCUT2D eigenvalue weighted by Gasteiger charge is -2.37. The van der Waals surface area contributed by atoms with E-state index >= 15 is 14.4 Å². The number of benzene rings is 2. The Hall–Kier alpha value is -5.57. The molecule has 3 aliphatic rings. The smallest absolute Gasteiger partial charge is 0.252 e. The molecule has 61 heavy (non-hydrogen) atoms. The zero-order valence-corrected chi connectivity index (χ0v) is 35.5. The molecule has 15 heteroatoms. The van der Waals surface area contributed by atoms with E-state index in [4.69, 9.17) is 5.73 Å². The lowest BCUT2D eigenvalue weighted by atomic mass is 9.84. The molecule has 7 N–H and O–H groups in total. The first-order valence-electron chi connectivity index (χ1n) is 22.1. The van der Waals surface area contributed by atoms with Gasteiger partial charge in [-0.3, -0.25) is 38.5 Å². The van der Waals surface area contributed by atoms with Crippen molar-refractivity contribution in [2.75, 3.05) is 13.1 Å². The van der Waals surface area contributed by atoms with E-state index in [1.54, 1.807) is 30.5 Å². The number of hydrogen-bond acceptors (Lipinski definition) is 8. The molecule has 1 aromatic heterocycles. The maximum absolute atomic E-state index is 15.2. The van der Waals surface area contributed by atoms with Crippen LogP contribution in [0.15, 0.2) is 60.8 Å². The van der Waals surface area contributed by atoms with E-state index in [-0.39, 0.29) is 51.1 Å². The quantitative estimate of drug-likeness (QED) is 0.150.